The molecule has 0 radical (unpaired) electrons. The van der Waals surface area contributed by atoms with Crippen molar-refractivity contribution < 1.29 is 13.2 Å². The quantitative estimate of drug-likeness (QED) is 0.485. The monoisotopic (exact) mass is 507 g/mol. The van der Waals surface area contributed by atoms with Gasteiger partial charge in [0, 0.05) is 5.69 Å². The molecule has 3 aromatic rings. The lowest BCUT2D eigenvalue weighted by Gasteiger charge is -2.15. The van der Waals surface area contributed by atoms with Gasteiger partial charge in [-0.2, -0.15) is 5.10 Å². The number of nitrogens with zero attached hydrogens (tertiary/aromatic N) is 2. The van der Waals surface area contributed by atoms with Crippen molar-refractivity contribution in [2.75, 3.05) is 11.1 Å². The third kappa shape index (κ3) is 6.01. The number of carbonyl (C=O) groups is 1. The van der Waals surface area contributed by atoms with Gasteiger partial charge in [0.15, 0.2) is 9.84 Å². The number of carbonyl (C=O) groups excluding carboxylic acids is 1. The van der Waals surface area contributed by atoms with Crippen LogP contribution in [0.4, 0.5) is 5.69 Å². The molecule has 1 aromatic heterocycles. The summed E-state index contributed by atoms with van der Waals surface area (Å²) in [6.07, 6.45) is 2.31. The maximum atomic E-state index is 13.0. The van der Waals surface area contributed by atoms with E-state index in [2.05, 4.69) is 10.4 Å². The highest BCUT2D eigenvalue weighted by Crippen LogP contribution is 2.23. The van der Waals surface area contributed by atoms with E-state index in [9.17, 15) is 18.0 Å². The van der Waals surface area contributed by atoms with Crippen molar-refractivity contribution in [3.8, 4) is 0 Å². The molecular weight excluding hydrogens is 485 g/mol. The van der Waals surface area contributed by atoms with Gasteiger partial charge in [-0.15, -0.1) is 0 Å². The van der Waals surface area contributed by atoms with Crippen LogP contribution in [-0.4, -0.2) is 29.9 Å². The Morgan fingerprint density at radius 3 is 2.55 bits per heavy atom. The minimum absolute atomic E-state index is 0.00817. The van der Waals surface area contributed by atoms with Crippen molar-refractivity contribution in [2.45, 2.75) is 37.6 Å². The summed E-state index contributed by atoms with van der Waals surface area (Å²) in [5.74, 6) is -0.571. The lowest BCUT2D eigenvalue weighted by atomic mass is 10.1. The molecule has 1 unspecified atom stereocenters. The highest BCUT2D eigenvalue weighted by Gasteiger charge is 2.22. The predicted molar refractivity (Wildman–Crippen MR) is 130 cm³/mol. The van der Waals surface area contributed by atoms with Crippen molar-refractivity contribution in [1.29, 1.82) is 0 Å². The molecule has 0 spiro atoms. The summed E-state index contributed by atoms with van der Waals surface area (Å²) in [5, 5.41) is 6.27. The van der Waals surface area contributed by atoms with Gasteiger partial charge in [0.2, 0.25) is 5.91 Å². The number of amides is 1. The van der Waals surface area contributed by atoms with Crippen LogP contribution in [0.3, 0.4) is 0 Å². The number of anilines is 1. The predicted octanol–water partition coefficient (Wildman–Crippen LogP) is 4.46. The van der Waals surface area contributed by atoms with E-state index in [0.29, 0.717) is 24.1 Å². The Labute approximate surface area is 202 Å². The summed E-state index contributed by atoms with van der Waals surface area (Å²) in [4.78, 5) is 25.1. The van der Waals surface area contributed by atoms with E-state index in [1.54, 1.807) is 19.1 Å². The molecular formula is C23H23Cl2N3O4S. The van der Waals surface area contributed by atoms with Crippen LogP contribution < -0.4 is 10.9 Å². The topological polar surface area (TPSA) is 98.1 Å². The van der Waals surface area contributed by atoms with Crippen molar-refractivity contribution in [2.24, 2.45) is 0 Å². The van der Waals surface area contributed by atoms with Gasteiger partial charge in [0.25, 0.3) is 5.56 Å². The van der Waals surface area contributed by atoms with Crippen LogP contribution in [0.5, 0.6) is 0 Å². The zero-order chi connectivity index (χ0) is 24.2. The molecule has 0 aliphatic rings. The minimum atomic E-state index is -3.56. The van der Waals surface area contributed by atoms with E-state index in [0.717, 1.165) is 10.2 Å². The second kappa shape index (κ2) is 10.5. The number of aromatic nitrogens is 2. The van der Waals surface area contributed by atoms with Crippen molar-refractivity contribution in [3.05, 3.63) is 86.3 Å². The SMILES string of the molecule is Cc1ccc(NC(=O)C(C)n2ncc(Cl)c(Cl)c2=O)cc1S(=O)(=O)CCCc1ccccc1. The van der Waals surface area contributed by atoms with Crippen LogP contribution in [0.2, 0.25) is 10.0 Å². The Balaban J connectivity index is 1.74. The van der Waals surface area contributed by atoms with Gasteiger partial charge in [-0.25, -0.2) is 13.1 Å². The molecule has 0 aliphatic carbocycles. The maximum absolute atomic E-state index is 13.0. The molecule has 174 valence electrons. The number of aryl methyl sites for hydroxylation is 2. The average Bonchev–Trinajstić information content (AvgIpc) is 2.79. The maximum Gasteiger partial charge on any atom is 0.287 e. The number of halogens is 2. The van der Waals surface area contributed by atoms with Gasteiger partial charge in [-0.1, -0.05) is 59.6 Å². The van der Waals surface area contributed by atoms with Crippen LogP contribution >= 0.6 is 23.2 Å². The Bertz CT molecular complexity index is 1330. The molecule has 1 amide bonds. The summed E-state index contributed by atoms with van der Waals surface area (Å²) in [6.45, 7) is 3.18. The van der Waals surface area contributed by atoms with Gasteiger partial charge in [0.1, 0.15) is 11.1 Å². The van der Waals surface area contributed by atoms with E-state index in [1.165, 1.54) is 19.2 Å². The summed E-state index contributed by atoms with van der Waals surface area (Å²) < 4.78 is 26.8. The fourth-order valence-corrected chi connectivity index (χ4v) is 5.16. The molecule has 0 bridgehead atoms. The molecule has 1 N–H and O–H groups in total. The number of sulfone groups is 1. The van der Waals surface area contributed by atoms with Crippen LogP contribution in [0.15, 0.2) is 64.4 Å². The molecule has 0 aliphatic heterocycles. The Kier molecular flexibility index (Phi) is 7.94. The summed E-state index contributed by atoms with van der Waals surface area (Å²) in [7, 11) is -3.56. The first-order valence-corrected chi connectivity index (χ1v) is 12.6. The standard InChI is InChI=1S/C23H23Cl2N3O4S/c1-15-10-11-18(27-22(29)16(2)28-23(30)21(25)19(24)14-26-28)13-20(15)33(31,32)12-6-9-17-7-4-3-5-8-17/h3-5,7-8,10-11,13-14,16H,6,9,12H2,1-2H3,(H,27,29). The van der Waals surface area contributed by atoms with Crippen molar-refractivity contribution in [1.82, 2.24) is 9.78 Å². The smallest absolute Gasteiger partial charge is 0.287 e. The molecule has 0 saturated heterocycles. The molecule has 10 heteroatoms. The highest BCUT2D eigenvalue weighted by atomic mass is 35.5. The molecule has 1 atom stereocenters. The molecule has 33 heavy (non-hydrogen) atoms. The zero-order valence-electron chi connectivity index (χ0n) is 18.1. The van der Waals surface area contributed by atoms with Gasteiger partial charge in [0.05, 0.1) is 21.9 Å². The Morgan fingerprint density at radius 1 is 1.15 bits per heavy atom. The Morgan fingerprint density at radius 2 is 1.85 bits per heavy atom. The van der Waals surface area contributed by atoms with E-state index < -0.39 is 27.3 Å². The van der Waals surface area contributed by atoms with Crippen molar-refractivity contribution in [3.63, 3.8) is 0 Å². The number of nitrogens with one attached hydrogen (secondary N) is 1. The van der Waals surface area contributed by atoms with Crippen LogP contribution in [-0.2, 0) is 21.1 Å². The summed E-state index contributed by atoms with van der Waals surface area (Å²) in [5.41, 5.74) is 1.26. The van der Waals surface area contributed by atoms with E-state index in [1.807, 2.05) is 30.3 Å². The molecule has 1 heterocycles. The molecule has 3 rings (SSSR count). The number of rotatable bonds is 8. The zero-order valence-corrected chi connectivity index (χ0v) is 20.4. The summed E-state index contributed by atoms with van der Waals surface area (Å²) >= 11 is 11.6. The highest BCUT2D eigenvalue weighted by molar-refractivity contribution is 7.91. The third-order valence-electron chi connectivity index (χ3n) is 5.16. The third-order valence-corrected chi connectivity index (χ3v) is 7.84. The van der Waals surface area contributed by atoms with Crippen LogP contribution in [0, 0.1) is 6.92 Å². The molecule has 7 nitrogen and oxygen atoms in total. The normalized spacial score (nSPS) is 12.4. The number of hydrogen-bond donors (Lipinski definition) is 1. The number of hydrogen-bond acceptors (Lipinski definition) is 5. The van der Waals surface area contributed by atoms with E-state index in [-0.39, 0.29) is 20.7 Å². The van der Waals surface area contributed by atoms with E-state index >= 15 is 0 Å². The van der Waals surface area contributed by atoms with Crippen LogP contribution in [0.1, 0.15) is 30.5 Å². The summed E-state index contributed by atoms with van der Waals surface area (Å²) in [6, 6.07) is 13.3. The lowest BCUT2D eigenvalue weighted by molar-refractivity contribution is -0.119. The largest absolute Gasteiger partial charge is 0.324 e. The first-order chi connectivity index (χ1) is 15.6. The number of benzene rings is 2. The molecule has 2 aromatic carbocycles. The fourth-order valence-electron chi connectivity index (χ4n) is 3.29. The molecule has 0 fully saturated rings. The van der Waals surface area contributed by atoms with Gasteiger partial charge < -0.3 is 5.32 Å². The average molecular weight is 508 g/mol. The lowest BCUT2D eigenvalue weighted by Crippen LogP contribution is -2.33. The van der Waals surface area contributed by atoms with Gasteiger partial charge in [-0.05, 0) is 49.9 Å². The van der Waals surface area contributed by atoms with E-state index in [4.69, 9.17) is 23.2 Å². The first kappa shape index (κ1) is 25.0. The fraction of sp³-hybridized carbons (Fsp3) is 0.261. The molecule has 0 saturated carbocycles. The van der Waals surface area contributed by atoms with Gasteiger partial charge in [-0.3, -0.25) is 9.59 Å². The second-order valence-corrected chi connectivity index (χ2v) is 10.5. The first-order valence-electron chi connectivity index (χ1n) is 10.2. The van der Waals surface area contributed by atoms with Crippen molar-refractivity contribution >= 4 is 44.6 Å². The van der Waals surface area contributed by atoms with Crippen LogP contribution in [0.25, 0.3) is 0 Å². The second-order valence-electron chi connectivity index (χ2n) is 7.61. The van der Waals surface area contributed by atoms with Gasteiger partial charge >= 0.3 is 0 Å². The minimum Gasteiger partial charge on any atom is -0.324 e. The Hall–Kier alpha value is -2.68.